The van der Waals surface area contributed by atoms with Gasteiger partial charge in [-0.15, -0.1) is 0 Å². The molecule has 0 aliphatic heterocycles. The average Bonchev–Trinajstić information content (AvgIpc) is 2.30. The summed E-state index contributed by atoms with van der Waals surface area (Å²) in [6, 6.07) is 5.47. The van der Waals surface area contributed by atoms with Crippen molar-refractivity contribution in [2.45, 2.75) is 12.6 Å². The molecule has 0 heterocycles. The summed E-state index contributed by atoms with van der Waals surface area (Å²) in [6.07, 6.45) is -4.91. The van der Waals surface area contributed by atoms with Gasteiger partial charge in [0, 0.05) is 13.1 Å². The maximum Gasteiger partial charge on any atom is 0.406 e. The van der Waals surface area contributed by atoms with Crippen LogP contribution in [0.5, 0.6) is 0 Å². The van der Waals surface area contributed by atoms with Gasteiger partial charge in [0.2, 0.25) is 5.91 Å². The third kappa shape index (κ3) is 5.25. The summed E-state index contributed by atoms with van der Waals surface area (Å²) in [6.45, 7) is -1.68. The lowest BCUT2D eigenvalue weighted by Crippen LogP contribution is -2.42. The second kappa shape index (κ2) is 6.51. The minimum absolute atomic E-state index is 0.0664. The number of halogens is 4. The maximum absolute atomic E-state index is 13.3. The smallest absolute Gasteiger partial charge is 0.332 e. The van der Waals surface area contributed by atoms with Crippen LogP contribution in [0.15, 0.2) is 24.3 Å². The largest absolute Gasteiger partial charge is 0.406 e. The molecule has 0 saturated heterocycles. The van der Waals surface area contributed by atoms with Crippen LogP contribution in [0.1, 0.15) is 5.56 Å². The van der Waals surface area contributed by atoms with Crippen molar-refractivity contribution in [3.63, 3.8) is 0 Å². The van der Waals surface area contributed by atoms with E-state index < -0.39 is 30.9 Å². The van der Waals surface area contributed by atoms with Crippen molar-refractivity contribution < 1.29 is 22.4 Å². The van der Waals surface area contributed by atoms with Crippen LogP contribution >= 0.6 is 0 Å². The van der Waals surface area contributed by atoms with Crippen LogP contribution in [-0.4, -0.2) is 36.6 Å². The lowest BCUT2D eigenvalue weighted by Gasteiger charge is -2.23. The lowest BCUT2D eigenvalue weighted by molar-refractivity contribution is -0.160. The van der Waals surface area contributed by atoms with E-state index in [1.54, 1.807) is 0 Å². The highest BCUT2D eigenvalue weighted by molar-refractivity contribution is 5.78. The second-order valence-electron chi connectivity index (χ2n) is 3.99. The van der Waals surface area contributed by atoms with E-state index in [0.717, 1.165) is 6.07 Å². The zero-order valence-electron chi connectivity index (χ0n) is 10.1. The van der Waals surface area contributed by atoms with Gasteiger partial charge in [0.15, 0.2) is 0 Å². The van der Waals surface area contributed by atoms with Gasteiger partial charge in [0.05, 0.1) is 6.42 Å². The third-order valence-corrected chi connectivity index (χ3v) is 2.42. The number of nitrogens with zero attached hydrogens (tertiary/aromatic N) is 1. The van der Waals surface area contributed by atoms with E-state index in [0.29, 0.717) is 4.90 Å². The van der Waals surface area contributed by atoms with Crippen molar-refractivity contribution in [1.82, 2.24) is 4.90 Å². The summed E-state index contributed by atoms with van der Waals surface area (Å²) in [7, 11) is 0. The van der Waals surface area contributed by atoms with Gasteiger partial charge in [-0.3, -0.25) is 4.79 Å². The van der Waals surface area contributed by atoms with E-state index in [9.17, 15) is 22.4 Å². The number of hydrogen-bond acceptors (Lipinski definition) is 2. The first-order chi connectivity index (χ1) is 8.83. The molecule has 0 atom stereocenters. The fourth-order valence-corrected chi connectivity index (χ4v) is 1.58. The van der Waals surface area contributed by atoms with Gasteiger partial charge < -0.3 is 10.6 Å². The summed E-state index contributed by atoms with van der Waals surface area (Å²) >= 11 is 0. The Bertz CT molecular complexity index is 434. The molecular formula is C12H14F4N2O. The van der Waals surface area contributed by atoms with Crippen molar-refractivity contribution >= 4 is 5.91 Å². The summed E-state index contributed by atoms with van der Waals surface area (Å²) in [5, 5.41) is 0. The van der Waals surface area contributed by atoms with Crippen molar-refractivity contribution in [1.29, 1.82) is 0 Å². The molecule has 19 heavy (non-hydrogen) atoms. The van der Waals surface area contributed by atoms with E-state index in [1.807, 2.05) is 0 Å². The monoisotopic (exact) mass is 278 g/mol. The molecular weight excluding hydrogens is 264 g/mol. The van der Waals surface area contributed by atoms with E-state index in [2.05, 4.69) is 0 Å². The van der Waals surface area contributed by atoms with E-state index in [-0.39, 0.29) is 18.7 Å². The van der Waals surface area contributed by atoms with Crippen molar-refractivity contribution in [2.24, 2.45) is 5.73 Å². The fourth-order valence-electron chi connectivity index (χ4n) is 1.58. The number of amides is 1. The summed E-state index contributed by atoms with van der Waals surface area (Å²) in [5.74, 6) is -1.41. The molecule has 0 spiro atoms. The number of alkyl halides is 3. The highest BCUT2D eigenvalue weighted by atomic mass is 19.4. The first-order valence-electron chi connectivity index (χ1n) is 5.61. The van der Waals surface area contributed by atoms with Gasteiger partial charge in [-0.25, -0.2) is 4.39 Å². The molecule has 7 heteroatoms. The van der Waals surface area contributed by atoms with E-state index >= 15 is 0 Å². The van der Waals surface area contributed by atoms with Crippen LogP contribution in [0, 0.1) is 5.82 Å². The summed E-state index contributed by atoms with van der Waals surface area (Å²) in [5.41, 5.74) is 5.24. The quantitative estimate of drug-likeness (QED) is 0.834. The van der Waals surface area contributed by atoms with Crippen LogP contribution in [0.4, 0.5) is 17.6 Å². The number of hydrogen-bond donors (Lipinski definition) is 1. The van der Waals surface area contributed by atoms with Gasteiger partial charge in [-0.2, -0.15) is 13.2 Å². The molecule has 0 saturated carbocycles. The normalized spacial score (nSPS) is 11.4. The number of carbonyl (C=O) groups is 1. The Labute approximate surface area is 108 Å². The summed E-state index contributed by atoms with van der Waals surface area (Å²) < 4.78 is 50.2. The van der Waals surface area contributed by atoms with Crippen LogP contribution in [-0.2, 0) is 11.2 Å². The predicted molar refractivity (Wildman–Crippen MR) is 61.8 cm³/mol. The molecule has 1 aromatic carbocycles. The molecule has 0 bridgehead atoms. The van der Waals surface area contributed by atoms with Crippen molar-refractivity contribution in [3.05, 3.63) is 35.6 Å². The Hall–Kier alpha value is -1.63. The van der Waals surface area contributed by atoms with Crippen LogP contribution < -0.4 is 5.73 Å². The van der Waals surface area contributed by atoms with Gasteiger partial charge in [0.1, 0.15) is 12.4 Å². The highest BCUT2D eigenvalue weighted by Crippen LogP contribution is 2.17. The number of carbonyl (C=O) groups excluding carboxylic acids is 1. The SMILES string of the molecule is NCCN(CC(F)(F)F)C(=O)Cc1ccccc1F. The molecule has 0 radical (unpaired) electrons. The third-order valence-electron chi connectivity index (χ3n) is 2.42. The topological polar surface area (TPSA) is 46.3 Å². The molecule has 1 aromatic rings. The van der Waals surface area contributed by atoms with Crippen LogP contribution in [0.3, 0.4) is 0 Å². The molecule has 2 N–H and O–H groups in total. The number of rotatable bonds is 5. The Morgan fingerprint density at radius 3 is 2.42 bits per heavy atom. The van der Waals surface area contributed by atoms with Crippen molar-refractivity contribution in [3.8, 4) is 0 Å². The molecule has 0 aliphatic rings. The van der Waals surface area contributed by atoms with Gasteiger partial charge in [-0.05, 0) is 11.6 Å². The maximum atomic E-state index is 13.3. The van der Waals surface area contributed by atoms with Gasteiger partial charge in [-0.1, -0.05) is 18.2 Å². The zero-order valence-corrected chi connectivity index (χ0v) is 10.1. The van der Waals surface area contributed by atoms with Crippen molar-refractivity contribution in [2.75, 3.05) is 19.6 Å². The molecule has 0 unspecified atom stereocenters. The first-order valence-corrected chi connectivity index (χ1v) is 5.61. The molecule has 106 valence electrons. The molecule has 1 rings (SSSR count). The van der Waals surface area contributed by atoms with Gasteiger partial charge in [0.25, 0.3) is 0 Å². The standard InChI is InChI=1S/C12H14F4N2O/c13-10-4-2-1-3-9(10)7-11(19)18(6-5-17)8-12(14,15)16/h1-4H,5-8,17H2. The molecule has 3 nitrogen and oxygen atoms in total. The zero-order chi connectivity index (χ0) is 14.5. The Kier molecular flexibility index (Phi) is 5.29. The first kappa shape index (κ1) is 15.4. The Morgan fingerprint density at radius 1 is 1.26 bits per heavy atom. The minimum Gasteiger partial charge on any atom is -0.332 e. The van der Waals surface area contributed by atoms with E-state index in [4.69, 9.17) is 5.73 Å². The molecule has 1 amide bonds. The Morgan fingerprint density at radius 2 is 1.89 bits per heavy atom. The van der Waals surface area contributed by atoms with Crippen LogP contribution in [0.2, 0.25) is 0 Å². The molecule has 0 fully saturated rings. The highest BCUT2D eigenvalue weighted by Gasteiger charge is 2.32. The number of nitrogens with two attached hydrogens (primary N) is 1. The average molecular weight is 278 g/mol. The molecule has 0 aromatic heterocycles. The lowest BCUT2D eigenvalue weighted by atomic mass is 10.1. The number of benzene rings is 1. The van der Waals surface area contributed by atoms with E-state index in [1.165, 1.54) is 18.2 Å². The Balaban J connectivity index is 2.75. The molecule has 0 aliphatic carbocycles. The summed E-state index contributed by atoms with van der Waals surface area (Å²) in [4.78, 5) is 12.3. The minimum atomic E-state index is -4.50. The van der Waals surface area contributed by atoms with Gasteiger partial charge >= 0.3 is 6.18 Å². The predicted octanol–water partition coefficient (Wildman–Crippen LogP) is 1.72. The fraction of sp³-hybridized carbons (Fsp3) is 0.417. The second-order valence-corrected chi connectivity index (χ2v) is 3.99. The van der Waals surface area contributed by atoms with Crippen LogP contribution in [0.25, 0.3) is 0 Å².